The van der Waals surface area contributed by atoms with Gasteiger partial charge in [-0.1, -0.05) is 36.4 Å². The van der Waals surface area contributed by atoms with E-state index in [1.165, 1.54) is 0 Å². The number of benzene rings is 2. The van der Waals surface area contributed by atoms with Crippen LogP contribution in [-0.2, 0) is 16.1 Å². The molecule has 0 aliphatic heterocycles. The van der Waals surface area contributed by atoms with E-state index in [1.807, 2.05) is 60.7 Å². The van der Waals surface area contributed by atoms with Crippen molar-refractivity contribution in [2.24, 2.45) is 0 Å². The SMILES string of the molecule is O=C(CCOc1ccccc1)OCc1ccccc1Oc1cccnc1. The van der Waals surface area contributed by atoms with Crippen LogP contribution in [0.4, 0.5) is 0 Å². The number of esters is 1. The number of ether oxygens (including phenoxy) is 3. The minimum atomic E-state index is -0.322. The lowest BCUT2D eigenvalue weighted by molar-refractivity contribution is -0.145. The Labute approximate surface area is 152 Å². The third kappa shape index (κ3) is 5.34. The number of rotatable bonds is 8. The van der Waals surface area contributed by atoms with Gasteiger partial charge in [-0.3, -0.25) is 9.78 Å². The summed E-state index contributed by atoms with van der Waals surface area (Å²) in [5, 5.41) is 0. The molecule has 3 rings (SSSR count). The highest BCUT2D eigenvalue weighted by atomic mass is 16.5. The number of hydrogen-bond acceptors (Lipinski definition) is 5. The molecule has 0 amide bonds. The average molecular weight is 349 g/mol. The maximum absolute atomic E-state index is 11.9. The van der Waals surface area contributed by atoms with Gasteiger partial charge in [-0.2, -0.15) is 0 Å². The molecule has 0 saturated carbocycles. The minimum Gasteiger partial charge on any atom is -0.493 e. The van der Waals surface area contributed by atoms with Gasteiger partial charge in [-0.15, -0.1) is 0 Å². The number of nitrogens with zero attached hydrogens (tertiary/aromatic N) is 1. The smallest absolute Gasteiger partial charge is 0.309 e. The van der Waals surface area contributed by atoms with Gasteiger partial charge in [0, 0.05) is 11.8 Å². The summed E-state index contributed by atoms with van der Waals surface area (Å²) in [6, 6.07) is 20.4. The van der Waals surface area contributed by atoms with Crippen LogP contribution < -0.4 is 9.47 Å². The van der Waals surface area contributed by atoms with Gasteiger partial charge in [0.25, 0.3) is 0 Å². The highest BCUT2D eigenvalue weighted by Crippen LogP contribution is 2.25. The summed E-state index contributed by atoms with van der Waals surface area (Å²) in [6.45, 7) is 0.414. The molecule has 2 aromatic carbocycles. The normalized spacial score (nSPS) is 10.2. The number of carbonyl (C=O) groups excluding carboxylic acids is 1. The van der Waals surface area contributed by atoms with Crippen molar-refractivity contribution in [3.05, 3.63) is 84.7 Å². The van der Waals surface area contributed by atoms with Crippen molar-refractivity contribution in [2.45, 2.75) is 13.0 Å². The minimum absolute atomic E-state index is 0.139. The Morgan fingerprint density at radius 1 is 0.885 bits per heavy atom. The van der Waals surface area contributed by atoms with E-state index in [0.717, 1.165) is 11.3 Å². The first-order chi connectivity index (χ1) is 12.8. The molecule has 1 heterocycles. The Morgan fingerprint density at radius 2 is 1.65 bits per heavy atom. The standard InChI is InChI=1S/C21H19NO4/c23-21(12-14-24-18-8-2-1-3-9-18)25-16-17-7-4-5-11-20(17)26-19-10-6-13-22-15-19/h1-11,13,15H,12,14,16H2. The molecule has 3 aromatic rings. The molecule has 0 atom stereocenters. The molecule has 0 fully saturated rings. The molecular formula is C21H19NO4. The lowest BCUT2D eigenvalue weighted by atomic mass is 10.2. The highest BCUT2D eigenvalue weighted by Gasteiger charge is 2.09. The molecule has 5 nitrogen and oxygen atoms in total. The van der Waals surface area contributed by atoms with E-state index in [4.69, 9.17) is 14.2 Å². The van der Waals surface area contributed by atoms with Crippen LogP contribution in [-0.4, -0.2) is 17.6 Å². The number of pyridine rings is 1. The molecular weight excluding hydrogens is 330 g/mol. The zero-order valence-corrected chi connectivity index (χ0v) is 14.2. The van der Waals surface area contributed by atoms with Crippen LogP contribution >= 0.6 is 0 Å². The molecule has 0 aliphatic rings. The summed E-state index contributed by atoms with van der Waals surface area (Å²) in [5.41, 5.74) is 0.786. The zero-order valence-electron chi connectivity index (χ0n) is 14.2. The van der Waals surface area contributed by atoms with Gasteiger partial charge in [0.2, 0.25) is 0 Å². The van der Waals surface area contributed by atoms with Crippen molar-refractivity contribution < 1.29 is 19.0 Å². The van der Waals surface area contributed by atoms with Crippen LogP contribution in [0.25, 0.3) is 0 Å². The van der Waals surface area contributed by atoms with Crippen LogP contribution in [0.3, 0.4) is 0 Å². The third-order valence-electron chi connectivity index (χ3n) is 3.54. The average Bonchev–Trinajstić information content (AvgIpc) is 2.69. The first-order valence-electron chi connectivity index (χ1n) is 8.30. The van der Waals surface area contributed by atoms with E-state index in [2.05, 4.69) is 4.98 Å². The quantitative estimate of drug-likeness (QED) is 0.565. The molecule has 0 spiro atoms. The summed E-state index contributed by atoms with van der Waals surface area (Å²) in [6.07, 6.45) is 3.49. The van der Waals surface area contributed by atoms with Gasteiger partial charge >= 0.3 is 5.97 Å². The van der Waals surface area contributed by atoms with Crippen molar-refractivity contribution >= 4 is 5.97 Å². The van der Waals surface area contributed by atoms with E-state index >= 15 is 0 Å². The van der Waals surface area contributed by atoms with Crippen LogP contribution in [0.1, 0.15) is 12.0 Å². The molecule has 0 unspecified atom stereocenters. The second-order valence-corrected chi connectivity index (χ2v) is 5.47. The van der Waals surface area contributed by atoms with Crippen LogP contribution in [0, 0.1) is 0 Å². The molecule has 0 radical (unpaired) electrons. The summed E-state index contributed by atoms with van der Waals surface area (Å²) in [4.78, 5) is 15.9. The number of carbonyl (C=O) groups is 1. The van der Waals surface area contributed by atoms with E-state index in [1.54, 1.807) is 18.5 Å². The summed E-state index contributed by atoms with van der Waals surface area (Å²) in [7, 11) is 0. The van der Waals surface area contributed by atoms with Crippen molar-refractivity contribution in [1.82, 2.24) is 4.98 Å². The van der Waals surface area contributed by atoms with Gasteiger partial charge in [-0.25, -0.2) is 0 Å². The van der Waals surface area contributed by atoms with Crippen molar-refractivity contribution in [3.63, 3.8) is 0 Å². The second-order valence-electron chi connectivity index (χ2n) is 5.47. The first kappa shape index (κ1) is 17.5. The summed E-state index contributed by atoms with van der Waals surface area (Å²) >= 11 is 0. The van der Waals surface area contributed by atoms with Crippen LogP contribution in [0.15, 0.2) is 79.1 Å². The van der Waals surface area contributed by atoms with E-state index in [0.29, 0.717) is 11.5 Å². The van der Waals surface area contributed by atoms with E-state index < -0.39 is 0 Å². The fourth-order valence-electron chi connectivity index (χ4n) is 2.26. The molecule has 1 aromatic heterocycles. The highest BCUT2D eigenvalue weighted by molar-refractivity contribution is 5.69. The maximum Gasteiger partial charge on any atom is 0.309 e. The van der Waals surface area contributed by atoms with Gasteiger partial charge < -0.3 is 14.2 Å². The third-order valence-corrected chi connectivity index (χ3v) is 3.54. The summed E-state index contributed by atoms with van der Waals surface area (Å²) in [5.74, 6) is 1.67. The van der Waals surface area contributed by atoms with Gasteiger partial charge in [0.05, 0.1) is 19.2 Å². The van der Waals surface area contributed by atoms with E-state index in [-0.39, 0.29) is 25.6 Å². The first-order valence-corrected chi connectivity index (χ1v) is 8.30. The molecule has 0 N–H and O–H groups in total. The fraction of sp³-hybridized carbons (Fsp3) is 0.143. The van der Waals surface area contributed by atoms with Crippen LogP contribution in [0.2, 0.25) is 0 Å². The van der Waals surface area contributed by atoms with Crippen molar-refractivity contribution in [3.8, 4) is 17.2 Å². The topological polar surface area (TPSA) is 57.7 Å². The molecule has 0 aliphatic carbocycles. The number of aromatic nitrogens is 1. The molecule has 0 bridgehead atoms. The number of para-hydroxylation sites is 2. The molecule has 26 heavy (non-hydrogen) atoms. The Morgan fingerprint density at radius 3 is 2.46 bits per heavy atom. The van der Waals surface area contributed by atoms with Crippen LogP contribution in [0.5, 0.6) is 17.2 Å². The predicted octanol–water partition coefficient (Wildman–Crippen LogP) is 4.39. The fourth-order valence-corrected chi connectivity index (χ4v) is 2.26. The molecule has 5 heteroatoms. The number of hydrogen-bond donors (Lipinski definition) is 0. The lowest BCUT2D eigenvalue weighted by Crippen LogP contribution is -2.10. The Kier molecular flexibility index (Phi) is 6.20. The monoisotopic (exact) mass is 349 g/mol. The molecule has 132 valence electrons. The Balaban J connectivity index is 1.49. The molecule has 0 saturated heterocycles. The van der Waals surface area contributed by atoms with Crippen molar-refractivity contribution in [1.29, 1.82) is 0 Å². The zero-order chi connectivity index (χ0) is 18.0. The van der Waals surface area contributed by atoms with Gasteiger partial charge in [-0.05, 0) is 30.3 Å². The Bertz CT molecular complexity index is 822. The lowest BCUT2D eigenvalue weighted by Gasteiger charge is -2.11. The van der Waals surface area contributed by atoms with Crippen molar-refractivity contribution in [2.75, 3.05) is 6.61 Å². The maximum atomic E-state index is 11.9. The predicted molar refractivity (Wildman–Crippen MR) is 97.1 cm³/mol. The van der Waals surface area contributed by atoms with Gasteiger partial charge in [0.1, 0.15) is 23.9 Å². The van der Waals surface area contributed by atoms with E-state index in [9.17, 15) is 4.79 Å². The largest absolute Gasteiger partial charge is 0.493 e. The Hall–Kier alpha value is -3.34. The second kappa shape index (κ2) is 9.22. The van der Waals surface area contributed by atoms with Gasteiger partial charge in [0.15, 0.2) is 0 Å². The summed E-state index contributed by atoms with van der Waals surface area (Å²) < 4.78 is 16.6.